The first-order chi connectivity index (χ1) is 12.3. The van der Waals surface area contributed by atoms with E-state index in [0.717, 1.165) is 11.0 Å². The number of ether oxygens (including phenoxy) is 1. The molecule has 0 spiro atoms. The Morgan fingerprint density at radius 1 is 1.19 bits per heavy atom. The first-order valence-corrected chi connectivity index (χ1v) is 8.12. The molecule has 0 bridgehead atoms. The summed E-state index contributed by atoms with van der Waals surface area (Å²) in [7, 11) is 0. The van der Waals surface area contributed by atoms with E-state index in [1.807, 2.05) is 0 Å². The van der Waals surface area contributed by atoms with Gasteiger partial charge in [0.15, 0.2) is 6.23 Å². The van der Waals surface area contributed by atoms with Gasteiger partial charge in [0.2, 0.25) is 5.91 Å². The molecule has 1 saturated heterocycles. The van der Waals surface area contributed by atoms with Crippen LogP contribution >= 0.6 is 0 Å². The second-order valence-corrected chi connectivity index (χ2v) is 6.31. The zero-order valence-corrected chi connectivity index (χ0v) is 13.8. The van der Waals surface area contributed by atoms with Crippen LogP contribution in [0.2, 0.25) is 0 Å². The van der Waals surface area contributed by atoms with Gasteiger partial charge in [-0.05, 0) is 0 Å². The van der Waals surface area contributed by atoms with Crippen molar-refractivity contribution in [3.8, 4) is 0 Å². The number of alkyl halides is 2. The number of aliphatic hydroxyl groups excluding tert-OH is 3. The summed E-state index contributed by atoms with van der Waals surface area (Å²) in [6, 6.07) is 7.18. The Kier molecular flexibility index (Phi) is 5.24. The Bertz CT molecular complexity index is 672. The molecular weight excluding hydrogens is 350 g/mol. The van der Waals surface area contributed by atoms with Crippen LogP contribution < -0.4 is 0 Å². The standard InChI is InChI=1S/C17H20F2N2O5/c18-17(19,11-4-2-1-3-5-11)9-21-10-20(7-6-13(21)23)16-15(25)14(24)12(8-22)26-16/h1-7,12,14-16,22,24-25H,8-10H2/t12-,14+,15?,16-/m1/s1. The molecule has 9 heteroatoms. The van der Waals surface area contributed by atoms with E-state index in [1.165, 1.54) is 35.4 Å². The van der Waals surface area contributed by atoms with Gasteiger partial charge in [0, 0.05) is 17.8 Å². The van der Waals surface area contributed by atoms with Crippen molar-refractivity contribution in [2.24, 2.45) is 0 Å². The maximum absolute atomic E-state index is 14.5. The quantitative estimate of drug-likeness (QED) is 0.667. The lowest BCUT2D eigenvalue weighted by Crippen LogP contribution is -2.52. The summed E-state index contributed by atoms with van der Waals surface area (Å²) in [5.41, 5.74) is -0.207. The van der Waals surface area contributed by atoms with Crippen LogP contribution in [0.15, 0.2) is 42.6 Å². The molecule has 1 unspecified atom stereocenters. The molecule has 1 amide bonds. The van der Waals surface area contributed by atoms with Gasteiger partial charge >= 0.3 is 0 Å². The number of carbonyl (C=O) groups excluding carboxylic acids is 1. The van der Waals surface area contributed by atoms with Gasteiger partial charge in [0.05, 0.1) is 19.8 Å². The Morgan fingerprint density at radius 2 is 1.88 bits per heavy atom. The van der Waals surface area contributed by atoms with E-state index >= 15 is 0 Å². The summed E-state index contributed by atoms with van der Waals surface area (Å²) < 4.78 is 34.3. The van der Waals surface area contributed by atoms with E-state index in [9.17, 15) is 23.8 Å². The minimum Gasteiger partial charge on any atom is -0.394 e. The number of amides is 1. The van der Waals surface area contributed by atoms with Crippen LogP contribution in [-0.2, 0) is 15.5 Å². The van der Waals surface area contributed by atoms with Crippen LogP contribution in [0.4, 0.5) is 8.78 Å². The van der Waals surface area contributed by atoms with Gasteiger partial charge in [0.25, 0.3) is 5.92 Å². The van der Waals surface area contributed by atoms with E-state index in [2.05, 4.69) is 0 Å². The third-order valence-electron chi connectivity index (χ3n) is 4.48. The second kappa shape index (κ2) is 7.28. The van der Waals surface area contributed by atoms with Crippen LogP contribution in [-0.4, -0.2) is 75.4 Å². The first-order valence-electron chi connectivity index (χ1n) is 8.12. The fourth-order valence-electron chi connectivity index (χ4n) is 3.04. The number of aliphatic hydroxyl groups is 3. The first kappa shape index (κ1) is 18.7. The summed E-state index contributed by atoms with van der Waals surface area (Å²) in [5, 5.41) is 29.0. The molecule has 2 aliphatic heterocycles. The van der Waals surface area contributed by atoms with E-state index < -0.39 is 49.5 Å². The van der Waals surface area contributed by atoms with E-state index in [-0.39, 0.29) is 12.2 Å². The number of benzene rings is 1. The maximum Gasteiger partial charge on any atom is 0.290 e. The predicted molar refractivity (Wildman–Crippen MR) is 85.7 cm³/mol. The van der Waals surface area contributed by atoms with Crippen molar-refractivity contribution < 1.29 is 33.6 Å². The van der Waals surface area contributed by atoms with Crippen LogP contribution in [0.25, 0.3) is 0 Å². The molecule has 2 aliphatic rings. The molecular formula is C17H20F2N2O5. The van der Waals surface area contributed by atoms with Crippen LogP contribution in [0.3, 0.4) is 0 Å². The van der Waals surface area contributed by atoms with Crippen LogP contribution in [0, 0.1) is 0 Å². The van der Waals surface area contributed by atoms with Crippen molar-refractivity contribution in [2.45, 2.75) is 30.5 Å². The Hall–Kier alpha value is -2.07. The Balaban J connectivity index is 1.73. The highest BCUT2D eigenvalue weighted by Gasteiger charge is 2.46. The van der Waals surface area contributed by atoms with Gasteiger partial charge in [-0.3, -0.25) is 4.79 Å². The molecule has 3 rings (SSSR count). The summed E-state index contributed by atoms with van der Waals surface area (Å²) in [6.07, 6.45) is -2.28. The lowest BCUT2D eigenvalue weighted by atomic mass is 10.1. The minimum atomic E-state index is -3.25. The van der Waals surface area contributed by atoms with Gasteiger partial charge in [-0.1, -0.05) is 30.3 Å². The van der Waals surface area contributed by atoms with Crippen LogP contribution in [0.1, 0.15) is 5.56 Å². The molecule has 7 nitrogen and oxygen atoms in total. The molecule has 0 aromatic heterocycles. The predicted octanol–water partition coefficient (Wildman–Crippen LogP) is -0.167. The molecule has 142 valence electrons. The van der Waals surface area contributed by atoms with E-state index in [4.69, 9.17) is 9.84 Å². The lowest BCUT2D eigenvalue weighted by Gasteiger charge is -2.38. The molecule has 4 atom stereocenters. The van der Waals surface area contributed by atoms with E-state index in [0.29, 0.717) is 0 Å². The van der Waals surface area contributed by atoms with Gasteiger partial charge in [-0.2, -0.15) is 8.78 Å². The molecule has 0 radical (unpaired) electrons. The third kappa shape index (κ3) is 3.56. The maximum atomic E-state index is 14.5. The third-order valence-corrected chi connectivity index (χ3v) is 4.48. The highest BCUT2D eigenvalue weighted by Crippen LogP contribution is 2.31. The summed E-state index contributed by atoms with van der Waals surface area (Å²) in [6.45, 7) is -1.59. The second-order valence-electron chi connectivity index (χ2n) is 6.31. The fourth-order valence-corrected chi connectivity index (χ4v) is 3.04. The van der Waals surface area contributed by atoms with Gasteiger partial charge in [0.1, 0.15) is 18.3 Å². The normalized spacial score (nSPS) is 29.5. The molecule has 1 aromatic carbocycles. The largest absolute Gasteiger partial charge is 0.394 e. The number of carbonyl (C=O) groups is 1. The monoisotopic (exact) mass is 370 g/mol. The lowest BCUT2D eigenvalue weighted by molar-refractivity contribution is -0.145. The SMILES string of the molecule is O=C1C=CN([C@@H]2O[C@H](CO)[C@H](O)C2O)CN1CC(F)(F)c1ccccc1. The Morgan fingerprint density at radius 3 is 2.50 bits per heavy atom. The molecule has 0 aliphatic carbocycles. The number of rotatable bonds is 5. The fraction of sp³-hybridized carbons (Fsp3) is 0.471. The van der Waals surface area contributed by atoms with Crippen molar-refractivity contribution >= 4 is 5.91 Å². The average molecular weight is 370 g/mol. The molecule has 3 N–H and O–H groups in total. The zero-order valence-electron chi connectivity index (χ0n) is 13.8. The van der Waals surface area contributed by atoms with Gasteiger partial charge < -0.3 is 29.9 Å². The molecule has 1 fully saturated rings. The number of halogens is 2. The van der Waals surface area contributed by atoms with Crippen molar-refractivity contribution in [3.63, 3.8) is 0 Å². The van der Waals surface area contributed by atoms with Crippen molar-refractivity contribution in [3.05, 3.63) is 48.2 Å². The van der Waals surface area contributed by atoms with Crippen molar-refractivity contribution in [2.75, 3.05) is 19.8 Å². The van der Waals surface area contributed by atoms with Gasteiger partial charge in [-0.25, -0.2) is 0 Å². The van der Waals surface area contributed by atoms with E-state index in [1.54, 1.807) is 6.07 Å². The van der Waals surface area contributed by atoms with Crippen LogP contribution in [0.5, 0.6) is 0 Å². The van der Waals surface area contributed by atoms with Crippen molar-refractivity contribution in [1.82, 2.24) is 9.80 Å². The average Bonchev–Trinajstić information content (AvgIpc) is 2.92. The highest BCUT2D eigenvalue weighted by atomic mass is 19.3. The summed E-state index contributed by atoms with van der Waals surface area (Å²) >= 11 is 0. The molecule has 2 heterocycles. The summed E-state index contributed by atoms with van der Waals surface area (Å²) in [4.78, 5) is 14.3. The number of hydrogen-bond acceptors (Lipinski definition) is 6. The smallest absolute Gasteiger partial charge is 0.290 e. The molecule has 0 saturated carbocycles. The van der Waals surface area contributed by atoms with Crippen molar-refractivity contribution in [1.29, 1.82) is 0 Å². The minimum absolute atomic E-state index is 0.207. The number of hydrogen-bond donors (Lipinski definition) is 3. The molecule has 26 heavy (non-hydrogen) atoms. The highest BCUT2D eigenvalue weighted by molar-refractivity contribution is 5.88. The zero-order chi connectivity index (χ0) is 18.9. The molecule has 1 aromatic rings. The Labute approximate surface area is 148 Å². The topological polar surface area (TPSA) is 93.5 Å². The summed E-state index contributed by atoms with van der Waals surface area (Å²) in [5.74, 6) is -3.85. The number of nitrogens with zero attached hydrogens (tertiary/aromatic N) is 2. The van der Waals surface area contributed by atoms with Gasteiger partial charge in [-0.15, -0.1) is 0 Å².